The molecule has 0 bridgehead atoms. The van der Waals surface area contributed by atoms with Crippen molar-refractivity contribution in [3.05, 3.63) is 35.9 Å². The molecule has 0 unspecified atom stereocenters. The van der Waals surface area contributed by atoms with E-state index in [1.165, 1.54) is 0 Å². The fourth-order valence-electron chi connectivity index (χ4n) is 1.92. The highest BCUT2D eigenvalue weighted by Crippen LogP contribution is 2.26. The maximum atomic E-state index is 12.0. The first kappa shape index (κ1) is 15.2. The Morgan fingerprint density at radius 3 is 1.89 bits per heavy atom. The molecule has 0 aliphatic carbocycles. The van der Waals surface area contributed by atoms with Gasteiger partial charge in [0.1, 0.15) is 0 Å². The van der Waals surface area contributed by atoms with Gasteiger partial charge in [0.15, 0.2) is 5.92 Å². The third-order valence-electron chi connectivity index (χ3n) is 2.91. The van der Waals surface area contributed by atoms with Crippen LogP contribution in [0.3, 0.4) is 0 Å². The van der Waals surface area contributed by atoms with Crippen LogP contribution in [-0.2, 0) is 19.1 Å². The summed E-state index contributed by atoms with van der Waals surface area (Å²) in [5.74, 6) is -2.25. The Balaban J connectivity index is 2.95. The third-order valence-corrected chi connectivity index (χ3v) is 2.91. The number of carbonyl (C=O) groups excluding carboxylic acids is 2. The molecule has 0 amide bonds. The third kappa shape index (κ3) is 4.09. The highest BCUT2D eigenvalue weighted by atomic mass is 16.6. The molecule has 19 heavy (non-hydrogen) atoms. The van der Waals surface area contributed by atoms with Gasteiger partial charge in [-0.25, -0.2) is 0 Å². The van der Waals surface area contributed by atoms with E-state index in [9.17, 15) is 9.59 Å². The van der Waals surface area contributed by atoms with E-state index in [4.69, 9.17) is 9.47 Å². The highest BCUT2D eigenvalue weighted by Gasteiger charge is 2.35. The molecule has 0 radical (unpaired) electrons. The number of carbonyl (C=O) groups is 2. The number of esters is 2. The van der Waals surface area contributed by atoms with Crippen molar-refractivity contribution in [2.75, 3.05) is 13.2 Å². The van der Waals surface area contributed by atoms with Crippen molar-refractivity contribution in [3.63, 3.8) is 0 Å². The quantitative estimate of drug-likeness (QED) is 0.585. The van der Waals surface area contributed by atoms with Gasteiger partial charge in [0.25, 0.3) is 0 Å². The molecule has 4 nitrogen and oxygen atoms in total. The van der Waals surface area contributed by atoms with Crippen molar-refractivity contribution in [1.82, 2.24) is 0 Å². The molecule has 4 heteroatoms. The molecule has 0 aliphatic heterocycles. The average molecular weight is 264 g/mol. The highest BCUT2D eigenvalue weighted by molar-refractivity contribution is 5.96. The Labute approximate surface area is 113 Å². The Bertz CT molecular complexity index is 395. The minimum atomic E-state index is -0.915. The smallest absolute Gasteiger partial charge is 0.320 e. The van der Waals surface area contributed by atoms with Crippen molar-refractivity contribution in [2.45, 2.75) is 26.7 Å². The van der Waals surface area contributed by atoms with Crippen molar-refractivity contribution in [1.29, 1.82) is 0 Å². The molecule has 1 aromatic rings. The molecule has 0 saturated carbocycles. The summed E-state index contributed by atoms with van der Waals surface area (Å²) >= 11 is 0. The molecule has 0 heterocycles. The van der Waals surface area contributed by atoms with Crippen molar-refractivity contribution >= 4 is 11.9 Å². The second-order valence-corrected chi connectivity index (χ2v) is 4.18. The van der Waals surface area contributed by atoms with Crippen LogP contribution in [-0.4, -0.2) is 25.2 Å². The molecule has 0 spiro atoms. The minimum Gasteiger partial charge on any atom is -0.465 e. The lowest BCUT2D eigenvalue weighted by Crippen LogP contribution is -2.32. The SMILES string of the molecule is CCOC(=O)C(C(=O)OCC)[C@@H](C)c1ccccc1. The summed E-state index contributed by atoms with van der Waals surface area (Å²) in [6.45, 7) is 5.75. The summed E-state index contributed by atoms with van der Waals surface area (Å²) in [7, 11) is 0. The van der Waals surface area contributed by atoms with Gasteiger partial charge in [0.05, 0.1) is 13.2 Å². The predicted octanol–water partition coefficient (Wildman–Crippen LogP) is 2.53. The molecule has 0 aromatic heterocycles. The van der Waals surface area contributed by atoms with E-state index in [1.54, 1.807) is 13.8 Å². The summed E-state index contributed by atoms with van der Waals surface area (Å²) in [5.41, 5.74) is 0.911. The standard InChI is InChI=1S/C15H20O4/c1-4-18-14(16)13(15(17)19-5-2)11(3)12-9-7-6-8-10-12/h6-11,13H,4-5H2,1-3H3/t11-/m0/s1. The first-order valence-corrected chi connectivity index (χ1v) is 6.50. The van der Waals surface area contributed by atoms with Crippen molar-refractivity contribution in [2.24, 2.45) is 5.92 Å². The minimum absolute atomic E-state index is 0.246. The summed E-state index contributed by atoms with van der Waals surface area (Å²) in [6.07, 6.45) is 0. The first-order valence-electron chi connectivity index (χ1n) is 6.50. The zero-order valence-corrected chi connectivity index (χ0v) is 11.6. The summed E-state index contributed by atoms with van der Waals surface area (Å²) in [6, 6.07) is 9.41. The molecule has 104 valence electrons. The Morgan fingerprint density at radius 1 is 1.00 bits per heavy atom. The summed E-state index contributed by atoms with van der Waals surface area (Å²) < 4.78 is 9.95. The Hall–Kier alpha value is -1.84. The van der Waals surface area contributed by atoms with E-state index >= 15 is 0 Å². The van der Waals surface area contributed by atoms with Crippen LogP contribution < -0.4 is 0 Å². The maximum absolute atomic E-state index is 12.0. The number of ether oxygens (including phenoxy) is 2. The van der Waals surface area contributed by atoms with Crippen LogP contribution in [0, 0.1) is 5.92 Å². The van der Waals surface area contributed by atoms with Crippen molar-refractivity contribution in [3.8, 4) is 0 Å². The maximum Gasteiger partial charge on any atom is 0.320 e. The molecule has 1 atom stereocenters. The van der Waals surface area contributed by atoms with Crippen LogP contribution in [0.15, 0.2) is 30.3 Å². The summed E-state index contributed by atoms with van der Waals surface area (Å²) in [4.78, 5) is 23.9. The van der Waals surface area contributed by atoms with Gasteiger partial charge in [0, 0.05) is 5.92 Å². The van der Waals surface area contributed by atoms with Crippen LogP contribution in [0.4, 0.5) is 0 Å². The number of rotatable bonds is 6. The number of hydrogen-bond donors (Lipinski definition) is 0. The second-order valence-electron chi connectivity index (χ2n) is 4.18. The van der Waals surface area contributed by atoms with Crippen LogP contribution >= 0.6 is 0 Å². The summed E-state index contributed by atoms with van der Waals surface area (Å²) in [5, 5.41) is 0. The largest absolute Gasteiger partial charge is 0.465 e. The molecule has 0 saturated heterocycles. The lowest BCUT2D eigenvalue weighted by Gasteiger charge is -2.21. The number of benzene rings is 1. The lowest BCUT2D eigenvalue weighted by atomic mass is 9.87. The fraction of sp³-hybridized carbons (Fsp3) is 0.467. The monoisotopic (exact) mass is 264 g/mol. The van der Waals surface area contributed by atoms with Gasteiger partial charge < -0.3 is 9.47 Å². The molecular formula is C15H20O4. The van der Waals surface area contributed by atoms with E-state index in [0.717, 1.165) is 5.56 Å². The molecule has 1 rings (SSSR count). The topological polar surface area (TPSA) is 52.6 Å². The Morgan fingerprint density at radius 2 is 1.47 bits per heavy atom. The molecular weight excluding hydrogens is 244 g/mol. The van der Waals surface area contributed by atoms with Gasteiger partial charge in [-0.2, -0.15) is 0 Å². The number of hydrogen-bond acceptors (Lipinski definition) is 4. The van der Waals surface area contributed by atoms with E-state index in [1.807, 2.05) is 37.3 Å². The zero-order chi connectivity index (χ0) is 14.3. The van der Waals surface area contributed by atoms with E-state index in [-0.39, 0.29) is 19.1 Å². The molecule has 1 aromatic carbocycles. The first-order chi connectivity index (χ1) is 9.11. The molecule has 0 N–H and O–H groups in total. The normalized spacial score (nSPS) is 12.0. The van der Waals surface area contributed by atoms with Crippen LogP contribution in [0.2, 0.25) is 0 Å². The molecule has 0 aliphatic rings. The molecule has 0 fully saturated rings. The van der Waals surface area contributed by atoms with E-state index in [2.05, 4.69) is 0 Å². The van der Waals surface area contributed by atoms with Crippen LogP contribution in [0.25, 0.3) is 0 Å². The van der Waals surface area contributed by atoms with Gasteiger partial charge in [-0.05, 0) is 19.4 Å². The van der Waals surface area contributed by atoms with Crippen LogP contribution in [0.1, 0.15) is 32.3 Å². The zero-order valence-electron chi connectivity index (χ0n) is 11.6. The average Bonchev–Trinajstić information content (AvgIpc) is 2.40. The van der Waals surface area contributed by atoms with Gasteiger partial charge in [-0.3, -0.25) is 9.59 Å². The lowest BCUT2D eigenvalue weighted by molar-refractivity contribution is -0.162. The van der Waals surface area contributed by atoms with Crippen molar-refractivity contribution < 1.29 is 19.1 Å². The van der Waals surface area contributed by atoms with Gasteiger partial charge in [-0.15, -0.1) is 0 Å². The van der Waals surface area contributed by atoms with Crippen LogP contribution in [0.5, 0.6) is 0 Å². The van der Waals surface area contributed by atoms with Gasteiger partial charge >= 0.3 is 11.9 Å². The van der Waals surface area contributed by atoms with E-state index < -0.39 is 17.9 Å². The predicted molar refractivity (Wildman–Crippen MR) is 71.6 cm³/mol. The Kier molecular flexibility index (Phi) is 6.06. The van der Waals surface area contributed by atoms with Gasteiger partial charge in [0.2, 0.25) is 0 Å². The van der Waals surface area contributed by atoms with E-state index in [0.29, 0.717) is 0 Å². The van der Waals surface area contributed by atoms with Gasteiger partial charge in [-0.1, -0.05) is 37.3 Å². The second kappa shape index (κ2) is 7.56. The fourth-order valence-corrected chi connectivity index (χ4v) is 1.92.